The number of fused-ring (bicyclic) bond motifs is 1. The van der Waals surface area contributed by atoms with E-state index < -0.39 is 0 Å². The number of aromatic nitrogens is 3. The monoisotopic (exact) mass is 336 g/mol. The molecule has 0 amide bonds. The summed E-state index contributed by atoms with van der Waals surface area (Å²) >= 11 is 5.12. The quantitative estimate of drug-likeness (QED) is 0.797. The minimum absolute atomic E-state index is 0.556. The SMILES string of the molecule is Cc1nc(CCn2c(N)nc3cc(Br)ccc32)cs1. The Hall–Kier alpha value is -1.40. The molecule has 0 unspecified atom stereocenters. The maximum Gasteiger partial charge on any atom is 0.201 e. The second-order valence-corrected chi connectivity index (χ2v) is 6.34. The fourth-order valence-corrected chi connectivity index (χ4v) is 3.10. The number of hydrogen-bond acceptors (Lipinski definition) is 4. The number of rotatable bonds is 3. The van der Waals surface area contributed by atoms with Crippen molar-refractivity contribution in [1.29, 1.82) is 0 Å². The van der Waals surface area contributed by atoms with Crippen LogP contribution in [0.5, 0.6) is 0 Å². The van der Waals surface area contributed by atoms with Crippen molar-refractivity contribution in [3.63, 3.8) is 0 Å². The van der Waals surface area contributed by atoms with E-state index in [1.54, 1.807) is 11.3 Å². The van der Waals surface area contributed by atoms with Crippen LogP contribution in [0.4, 0.5) is 5.95 Å². The van der Waals surface area contributed by atoms with Gasteiger partial charge >= 0.3 is 0 Å². The van der Waals surface area contributed by atoms with Crippen molar-refractivity contribution in [2.45, 2.75) is 19.9 Å². The molecule has 4 nitrogen and oxygen atoms in total. The Labute approximate surface area is 123 Å². The highest BCUT2D eigenvalue weighted by molar-refractivity contribution is 9.10. The fourth-order valence-electron chi connectivity index (χ4n) is 2.11. The Morgan fingerprint density at radius 3 is 2.95 bits per heavy atom. The first-order valence-electron chi connectivity index (χ1n) is 5.96. The number of benzene rings is 1. The van der Waals surface area contributed by atoms with Crippen LogP contribution in [-0.4, -0.2) is 14.5 Å². The molecule has 2 aromatic heterocycles. The van der Waals surface area contributed by atoms with Gasteiger partial charge in [-0.05, 0) is 25.1 Å². The first-order valence-corrected chi connectivity index (χ1v) is 7.63. The number of halogens is 1. The third-order valence-electron chi connectivity index (χ3n) is 3.00. The van der Waals surface area contributed by atoms with Gasteiger partial charge in [-0.1, -0.05) is 15.9 Å². The molecule has 0 aliphatic rings. The lowest BCUT2D eigenvalue weighted by Gasteiger charge is -2.04. The van der Waals surface area contributed by atoms with Gasteiger partial charge in [-0.25, -0.2) is 9.97 Å². The molecule has 6 heteroatoms. The van der Waals surface area contributed by atoms with E-state index in [1.165, 1.54) is 0 Å². The molecule has 3 rings (SSSR count). The van der Waals surface area contributed by atoms with Gasteiger partial charge in [-0.15, -0.1) is 11.3 Å². The number of nitrogen functional groups attached to an aromatic ring is 1. The van der Waals surface area contributed by atoms with Crippen LogP contribution in [0, 0.1) is 6.92 Å². The molecule has 0 spiro atoms. The lowest BCUT2D eigenvalue weighted by molar-refractivity contribution is 0.715. The topological polar surface area (TPSA) is 56.7 Å². The van der Waals surface area contributed by atoms with Crippen LogP contribution in [0.25, 0.3) is 11.0 Å². The number of imidazole rings is 1. The van der Waals surface area contributed by atoms with Gasteiger partial charge in [0.2, 0.25) is 5.95 Å². The summed E-state index contributed by atoms with van der Waals surface area (Å²) in [6.07, 6.45) is 0.871. The highest BCUT2D eigenvalue weighted by Crippen LogP contribution is 2.22. The summed E-state index contributed by atoms with van der Waals surface area (Å²) in [6, 6.07) is 6.02. The van der Waals surface area contributed by atoms with E-state index in [-0.39, 0.29) is 0 Å². The average molecular weight is 337 g/mol. The predicted octanol–water partition coefficient (Wildman–Crippen LogP) is 3.39. The molecule has 0 saturated carbocycles. The van der Waals surface area contributed by atoms with E-state index in [9.17, 15) is 0 Å². The van der Waals surface area contributed by atoms with Crippen molar-refractivity contribution in [3.8, 4) is 0 Å². The molecule has 0 aliphatic carbocycles. The van der Waals surface area contributed by atoms with Gasteiger partial charge in [0, 0.05) is 22.8 Å². The Bertz CT molecular complexity index is 731. The van der Waals surface area contributed by atoms with Gasteiger partial charge in [-0.2, -0.15) is 0 Å². The number of nitrogens with zero attached hydrogens (tertiary/aromatic N) is 3. The average Bonchev–Trinajstić information content (AvgIpc) is 2.89. The Morgan fingerprint density at radius 1 is 1.37 bits per heavy atom. The number of aryl methyl sites for hydroxylation is 3. The highest BCUT2D eigenvalue weighted by atomic mass is 79.9. The van der Waals surface area contributed by atoms with Crippen LogP contribution in [-0.2, 0) is 13.0 Å². The maximum absolute atomic E-state index is 5.99. The van der Waals surface area contributed by atoms with E-state index in [1.807, 2.05) is 29.7 Å². The molecule has 98 valence electrons. The van der Waals surface area contributed by atoms with E-state index in [4.69, 9.17) is 5.73 Å². The third kappa shape index (κ3) is 2.50. The Balaban J connectivity index is 1.90. The van der Waals surface area contributed by atoms with Crippen LogP contribution in [0.1, 0.15) is 10.7 Å². The number of anilines is 1. The van der Waals surface area contributed by atoms with Gasteiger partial charge in [0.05, 0.1) is 21.7 Å². The van der Waals surface area contributed by atoms with Crippen molar-refractivity contribution in [3.05, 3.63) is 38.8 Å². The standard InChI is InChI=1S/C13H13BrN4S/c1-8-16-10(7-19-8)4-5-18-12-3-2-9(14)6-11(12)17-13(18)15/h2-3,6-7H,4-5H2,1H3,(H2,15,17). The largest absolute Gasteiger partial charge is 0.369 e. The van der Waals surface area contributed by atoms with Crippen molar-refractivity contribution >= 4 is 44.2 Å². The number of thiazole rings is 1. The molecule has 2 N–H and O–H groups in total. The molecule has 19 heavy (non-hydrogen) atoms. The molecule has 0 fully saturated rings. The van der Waals surface area contributed by atoms with E-state index in [0.29, 0.717) is 5.95 Å². The van der Waals surface area contributed by atoms with Crippen LogP contribution >= 0.6 is 27.3 Å². The molecule has 1 aromatic carbocycles. The maximum atomic E-state index is 5.99. The summed E-state index contributed by atoms with van der Waals surface area (Å²) in [7, 11) is 0. The van der Waals surface area contributed by atoms with Crippen molar-refractivity contribution in [2.75, 3.05) is 5.73 Å². The molecule has 2 heterocycles. The van der Waals surface area contributed by atoms with E-state index in [0.717, 1.165) is 39.2 Å². The molecular formula is C13H13BrN4S. The van der Waals surface area contributed by atoms with Gasteiger partial charge in [0.15, 0.2) is 0 Å². The summed E-state index contributed by atoms with van der Waals surface area (Å²) in [5.74, 6) is 0.556. The molecular weight excluding hydrogens is 324 g/mol. The van der Waals surface area contributed by atoms with Crippen LogP contribution in [0.15, 0.2) is 28.1 Å². The lowest BCUT2D eigenvalue weighted by Crippen LogP contribution is -2.05. The first kappa shape index (κ1) is 12.6. The molecule has 0 saturated heterocycles. The van der Waals surface area contributed by atoms with Gasteiger partial charge in [-0.3, -0.25) is 0 Å². The minimum atomic E-state index is 0.556. The van der Waals surface area contributed by atoms with E-state index >= 15 is 0 Å². The minimum Gasteiger partial charge on any atom is -0.369 e. The summed E-state index contributed by atoms with van der Waals surface area (Å²) in [6.45, 7) is 2.82. The van der Waals surface area contributed by atoms with Crippen molar-refractivity contribution in [1.82, 2.24) is 14.5 Å². The van der Waals surface area contributed by atoms with Gasteiger partial charge in [0.1, 0.15) is 0 Å². The zero-order valence-electron chi connectivity index (χ0n) is 10.4. The normalized spacial score (nSPS) is 11.3. The second-order valence-electron chi connectivity index (χ2n) is 4.36. The molecule has 0 bridgehead atoms. The third-order valence-corrected chi connectivity index (χ3v) is 4.31. The predicted molar refractivity (Wildman–Crippen MR) is 82.4 cm³/mol. The smallest absolute Gasteiger partial charge is 0.201 e. The second kappa shape index (κ2) is 4.94. The number of hydrogen-bond donors (Lipinski definition) is 1. The van der Waals surface area contributed by atoms with Crippen molar-refractivity contribution in [2.24, 2.45) is 0 Å². The lowest BCUT2D eigenvalue weighted by atomic mass is 10.3. The summed E-state index contributed by atoms with van der Waals surface area (Å²) < 4.78 is 3.05. The first-order chi connectivity index (χ1) is 9.13. The van der Waals surface area contributed by atoms with E-state index in [2.05, 4.69) is 31.3 Å². The number of nitrogens with two attached hydrogens (primary N) is 1. The van der Waals surface area contributed by atoms with Gasteiger partial charge in [0.25, 0.3) is 0 Å². The summed E-state index contributed by atoms with van der Waals surface area (Å²) in [4.78, 5) is 8.85. The Kier molecular flexibility index (Phi) is 3.28. The molecule has 0 aliphatic heterocycles. The summed E-state index contributed by atoms with van der Waals surface area (Å²) in [5.41, 5.74) is 9.08. The van der Waals surface area contributed by atoms with Crippen LogP contribution in [0.3, 0.4) is 0 Å². The van der Waals surface area contributed by atoms with Gasteiger partial charge < -0.3 is 10.3 Å². The molecule has 0 radical (unpaired) electrons. The molecule has 0 atom stereocenters. The summed E-state index contributed by atoms with van der Waals surface area (Å²) in [5, 5.41) is 3.20. The zero-order valence-corrected chi connectivity index (χ0v) is 12.8. The van der Waals surface area contributed by atoms with Crippen molar-refractivity contribution < 1.29 is 0 Å². The van der Waals surface area contributed by atoms with Crippen LogP contribution < -0.4 is 5.73 Å². The zero-order chi connectivity index (χ0) is 13.4. The van der Waals surface area contributed by atoms with Crippen LogP contribution in [0.2, 0.25) is 0 Å². The Morgan fingerprint density at radius 2 is 2.21 bits per heavy atom. The highest BCUT2D eigenvalue weighted by Gasteiger charge is 2.09. The molecule has 3 aromatic rings. The fraction of sp³-hybridized carbons (Fsp3) is 0.231.